The maximum absolute atomic E-state index is 12.6. The smallest absolute Gasteiger partial charge is 0.222 e. The van der Waals surface area contributed by atoms with Gasteiger partial charge in [-0.25, -0.2) is 0 Å². The van der Waals surface area contributed by atoms with Crippen molar-refractivity contribution in [1.29, 1.82) is 0 Å². The van der Waals surface area contributed by atoms with Crippen LogP contribution in [0.5, 0.6) is 0 Å². The van der Waals surface area contributed by atoms with E-state index in [4.69, 9.17) is 0 Å². The Balaban J connectivity index is 1.40. The molecule has 0 unspecified atom stereocenters. The number of benzene rings is 1. The Kier molecular flexibility index (Phi) is 14.5. The molecule has 1 aromatic rings. The molecule has 0 spiro atoms. The van der Waals surface area contributed by atoms with Crippen molar-refractivity contribution in [3.63, 3.8) is 0 Å². The number of hydrogen-bond acceptors (Lipinski definition) is 1. The third-order valence-corrected chi connectivity index (χ3v) is 7.57. The third-order valence-electron chi connectivity index (χ3n) is 7.57. The molecule has 0 atom stereocenters. The summed E-state index contributed by atoms with van der Waals surface area (Å²) < 4.78 is 1.05. The molecule has 0 radical (unpaired) electrons. The number of carbonyl (C=O) groups is 1. The van der Waals surface area contributed by atoms with E-state index >= 15 is 0 Å². The summed E-state index contributed by atoms with van der Waals surface area (Å²) in [4.78, 5) is 14.7. The van der Waals surface area contributed by atoms with Gasteiger partial charge in [0.2, 0.25) is 5.91 Å². The number of rotatable bonds is 18. The van der Waals surface area contributed by atoms with Crippen LogP contribution in [-0.4, -0.2) is 48.5 Å². The number of unbranched alkanes of at least 4 members (excludes halogenated alkanes) is 14. The summed E-state index contributed by atoms with van der Waals surface area (Å²) in [6, 6.07) is 10.8. The van der Waals surface area contributed by atoms with E-state index < -0.39 is 0 Å². The Bertz CT molecular complexity index is 607. The lowest BCUT2D eigenvalue weighted by Crippen LogP contribution is -2.57. The number of quaternary nitrogens is 1. The molecular weight excluding hydrogens is 404 g/mol. The molecule has 3 nitrogen and oxygen atoms in total. The first-order valence-corrected chi connectivity index (χ1v) is 14.3. The SMILES string of the molecule is CCCCCCCCCCCCCCCCCC(=O)N1CC[N+](C)(Cc2ccccc2)CC1. The Morgan fingerprint density at radius 1 is 0.727 bits per heavy atom. The van der Waals surface area contributed by atoms with Crippen LogP contribution in [0.15, 0.2) is 30.3 Å². The van der Waals surface area contributed by atoms with Gasteiger partial charge in [0.05, 0.1) is 33.2 Å². The highest BCUT2D eigenvalue weighted by atomic mass is 16.2. The lowest BCUT2D eigenvalue weighted by Gasteiger charge is -2.42. The van der Waals surface area contributed by atoms with Gasteiger partial charge in [-0.15, -0.1) is 0 Å². The molecule has 0 N–H and O–H groups in total. The second-order valence-corrected chi connectivity index (χ2v) is 10.8. The summed E-state index contributed by atoms with van der Waals surface area (Å²) in [6.07, 6.45) is 21.3. The van der Waals surface area contributed by atoms with Crippen LogP contribution in [0.3, 0.4) is 0 Å². The van der Waals surface area contributed by atoms with Crippen LogP contribution >= 0.6 is 0 Å². The fourth-order valence-electron chi connectivity index (χ4n) is 5.19. The van der Waals surface area contributed by atoms with Crippen molar-refractivity contribution in [2.45, 2.75) is 116 Å². The monoisotopic (exact) mass is 457 g/mol. The molecule has 2 rings (SSSR count). The lowest BCUT2D eigenvalue weighted by molar-refractivity contribution is -0.926. The van der Waals surface area contributed by atoms with Gasteiger partial charge in [-0.1, -0.05) is 127 Å². The van der Waals surface area contributed by atoms with Gasteiger partial charge in [-0.2, -0.15) is 0 Å². The van der Waals surface area contributed by atoms with E-state index in [-0.39, 0.29) is 0 Å². The lowest BCUT2D eigenvalue weighted by atomic mass is 10.0. The van der Waals surface area contributed by atoms with Gasteiger partial charge < -0.3 is 9.38 Å². The molecule has 0 bridgehead atoms. The zero-order valence-corrected chi connectivity index (χ0v) is 22.0. The predicted octanol–water partition coefficient (Wildman–Crippen LogP) is 7.74. The van der Waals surface area contributed by atoms with Crippen molar-refractivity contribution in [3.8, 4) is 0 Å². The Morgan fingerprint density at radius 3 is 1.67 bits per heavy atom. The molecule has 1 saturated heterocycles. The van der Waals surface area contributed by atoms with Crippen molar-refractivity contribution in [3.05, 3.63) is 35.9 Å². The number of amides is 1. The molecular formula is C30H53N2O+. The summed E-state index contributed by atoms with van der Waals surface area (Å²) in [5.41, 5.74) is 1.40. The van der Waals surface area contributed by atoms with Crippen molar-refractivity contribution in [2.75, 3.05) is 33.2 Å². The average Bonchev–Trinajstić information content (AvgIpc) is 2.82. The van der Waals surface area contributed by atoms with Crippen LogP contribution in [-0.2, 0) is 11.3 Å². The van der Waals surface area contributed by atoms with Crippen LogP contribution in [0.4, 0.5) is 0 Å². The van der Waals surface area contributed by atoms with E-state index in [9.17, 15) is 4.79 Å². The highest BCUT2D eigenvalue weighted by molar-refractivity contribution is 5.76. The molecule has 1 amide bonds. The van der Waals surface area contributed by atoms with E-state index in [1.165, 1.54) is 95.5 Å². The quantitative estimate of drug-likeness (QED) is 0.163. The van der Waals surface area contributed by atoms with Gasteiger partial charge in [-0.3, -0.25) is 4.79 Å². The summed E-state index contributed by atoms with van der Waals surface area (Å²) in [5.74, 6) is 0.385. The van der Waals surface area contributed by atoms with Crippen molar-refractivity contribution in [2.24, 2.45) is 0 Å². The Labute approximate surface area is 205 Å². The number of nitrogens with zero attached hydrogens (tertiary/aromatic N) is 2. The van der Waals surface area contributed by atoms with Gasteiger partial charge in [-0.05, 0) is 6.42 Å². The highest BCUT2D eigenvalue weighted by Gasteiger charge is 2.30. The molecule has 0 saturated carbocycles. The minimum Gasteiger partial charge on any atom is -0.331 e. The van der Waals surface area contributed by atoms with Gasteiger partial charge in [0, 0.05) is 12.0 Å². The zero-order valence-electron chi connectivity index (χ0n) is 22.0. The van der Waals surface area contributed by atoms with Crippen LogP contribution in [0.1, 0.15) is 115 Å². The first-order valence-electron chi connectivity index (χ1n) is 14.3. The topological polar surface area (TPSA) is 20.3 Å². The fourth-order valence-corrected chi connectivity index (χ4v) is 5.19. The Morgan fingerprint density at radius 2 is 1.18 bits per heavy atom. The maximum atomic E-state index is 12.6. The molecule has 0 aromatic heterocycles. The third kappa shape index (κ3) is 12.6. The normalized spacial score (nSPS) is 15.6. The molecule has 1 fully saturated rings. The summed E-state index contributed by atoms with van der Waals surface area (Å²) in [6.45, 7) is 7.33. The Hall–Kier alpha value is -1.35. The van der Waals surface area contributed by atoms with E-state index in [2.05, 4.69) is 49.2 Å². The second-order valence-electron chi connectivity index (χ2n) is 10.8. The summed E-state index contributed by atoms with van der Waals surface area (Å²) in [7, 11) is 2.34. The van der Waals surface area contributed by atoms with Crippen LogP contribution in [0.2, 0.25) is 0 Å². The molecule has 0 aliphatic carbocycles. The first kappa shape index (κ1) is 27.9. The number of hydrogen-bond donors (Lipinski definition) is 0. The summed E-state index contributed by atoms with van der Waals surface area (Å²) in [5, 5.41) is 0. The van der Waals surface area contributed by atoms with Gasteiger partial charge >= 0.3 is 0 Å². The number of likely N-dealkylation sites (N-methyl/N-ethyl adjacent to an activating group) is 1. The molecule has 1 heterocycles. The van der Waals surface area contributed by atoms with Crippen LogP contribution in [0, 0.1) is 0 Å². The summed E-state index contributed by atoms with van der Waals surface area (Å²) >= 11 is 0. The molecule has 3 heteroatoms. The average molecular weight is 458 g/mol. The minimum atomic E-state index is 0.385. The van der Waals surface area contributed by atoms with Crippen LogP contribution in [0.25, 0.3) is 0 Å². The first-order chi connectivity index (χ1) is 16.1. The second kappa shape index (κ2) is 17.1. The van der Waals surface area contributed by atoms with E-state index in [0.717, 1.165) is 50.0 Å². The number of piperazine rings is 1. The molecule has 1 aliphatic rings. The largest absolute Gasteiger partial charge is 0.331 e. The fraction of sp³-hybridized carbons (Fsp3) is 0.767. The standard InChI is InChI=1S/C30H53N2O/c1-3-4-5-6-7-8-9-10-11-12-13-14-15-16-20-23-30(33)31-24-26-32(2,27-25-31)28-29-21-18-17-19-22-29/h17-19,21-22H,3-16,20,23-28H2,1-2H3/q+1. The van der Waals surface area contributed by atoms with Gasteiger partial charge in [0.25, 0.3) is 0 Å². The highest BCUT2D eigenvalue weighted by Crippen LogP contribution is 2.18. The maximum Gasteiger partial charge on any atom is 0.222 e. The van der Waals surface area contributed by atoms with E-state index in [1.54, 1.807) is 0 Å². The zero-order chi connectivity index (χ0) is 23.6. The van der Waals surface area contributed by atoms with Crippen molar-refractivity contribution in [1.82, 2.24) is 4.90 Å². The van der Waals surface area contributed by atoms with Crippen LogP contribution < -0.4 is 0 Å². The molecule has 33 heavy (non-hydrogen) atoms. The van der Waals surface area contributed by atoms with Gasteiger partial charge in [0.1, 0.15) is 6.54 Å². The minimum absolute atomic E-state index is 0.385. The van der Waals surface area contributed by atoms with Crippen molar-refractivity contribution >= 4 is 5.91 Å². The van der Waals surface area contributed by atoms with E-state index in [1.807, 2.05) is 0 Å². The molecule has 1 aliphatic heterocycles. The predicted molar refractivity (Wildman–Crippen MR) is 142 cm³/mol. The van der Waals surface area contributed by atoms with Crippen molar-refractivity contribution < 1.29 is 9.28 Å². The molecule has 188 valence electrons. The molecule has 1 aromatic carbocycles. The number of carbonyl (C=O) groups excluding carboxylic acids is 1. The van der Waals surface area contributed by atoms with Gasteiger partial charge in [0.15, 0.2) is 0 Å². The van der Waals surface area contributed by atoms with E-state index in [0.29, 0.717) is 5.91 Å².